The van der Waals surface area contributed by atoms with E-state index >= 15 is 0 Å². The first kappa shape index (κ1) is 20.7. The molecule has 0 saturated heterocycles. The summed E-state index contributed by atoms with van der Waals surface area (Å²) in [6.07, 6.45) is 10.1. The minimum Gasteiger partial charge on any atom is -0.348 e. The zero-order valence-corrected chi connectivity index (χ0v) is 19.6. The standard InChI is InChI=1S/C29H33N3O/c1-17-5-3-8-25(18(17)2)28(26-15-30-16-31-26)21-6-4-7-24(14-21)32-29(33)27-22-10-19-9-20(12-22)13-23(27)11-19/h3-8,14-16,19-20,22-23,27-28H,9-13H2,1-2H3,(H,30,31)(H,32,33). The third kappa shape index (κ3) is 3.70. The van der Waals surface area contributed by atoms with Gasteiger partial charge < -0.3 is 10.3 Å². The molecule has 4 aliphatic rings. The van der Waals surface area contributed by atoms with E-state index in [0.717, 1.165) is 28.8 Å². The van der Waals surface area contributed by atoms with Gasteiger partial charge in [-0.05, 0) is 104 Å². The number of imidazole rings is 1. The summed E-state index contributed by atoms with van der Waals surface area (Å²) in [5.74, 6) is 3.44. The first-order chi connectivity index (χ1) is 16.1. The first-order valence-electron chi connectivity index (χ1n) is 12.5. The van der Waals surface area contributed by atoms with Gasteiger partial charge in [0.05, 0.1) is 12.2 Å². The Morgan fingerprint density at radius 1 is 1.00 bits per heavy atom. The van der Waals surface area contributed by atoms with Crippen molar-refractivity contribution in [1.29, 1.82) is 0 Å². The molecular weight excluding hydrogens is 406 g/mol. The molecule has 4 nitrogen and oxygen atoms in total. The van der Waals surface area contributed by atoms with Gasteiger partial charge in [-0.1, -0.05) is 30.3 Å². The van der Waals surface area contributed by atoms with Crippen LogP contribution in [0.3, 0.4) is 0 Å². The minimum atomic E-state index is 0.0467. The van der Waals surface area contributed by atoms with E-state index in [0.29, 0.717) is 11.8 Å². The Morgan fingerprint density at radius 3 is 2.42 bits per heavy atom. The maximum Gasteiger partial charge on any atom is 0.228 e. The van der Waals surface area contributed by atoms with Gasteiger partial charge in [0.15, 0.2) is 0 Å². The average Bonchev–Trinajstić information content (AvgIpc) is 3.31. The number of hydrogen-bond acceptors (Lipinski definition) is 2. The van der Waals surface area contributed by atoms with E-state index in [1.165, 1.54) is 48.8 Å². The van der Waals surface area contributed by atoms with Crippen LogP contribution in [0.5, 0.6) is 0 Å². The Kier molecular flexibility index (Phi) is 5.12. The van der Waals surface area contributed by atoms with Crippen LogP contribution >= 0.6 is 0 Å². The van der Waals surface area contributed by atoms with Gasteiger partial charge >= 0.3 is 0 Å². The van der Waals surface area contributed by atoms with Crippen LogP contribution in [-0.4, -0.2) is 15.9 Å². The van der Waals surface area contributed by atoms with Crippen LogP contribution in [0.2, 0.25) is 0 Å². The first-order valence-corrected chi connectivity index (χ1v) is 12.5. The fraction of sp³-hybridized carbons (Fsp3) is 0.448. The highest BCUT2D eigenvalue weighted by Crippen LogP contribution is 2.56. The quantitative estimate of drug-likeness (QED) is 0.496. The smallest absolute Gasteiger partial charge is 0.228 e. The van der Waals surface area contributed by atoms with E-state index < -0.39 is 0 Å². The van der Waals surface area contributed by atoms with Crippen LogP contribution in [0.15, 0.2) is 55.0 Å². The number of carbonyl (C=O) groups excluding carboxylic acids is 1. The second-order valence-corrected chi connectivity index (χ2v) is 10.8. The molecule has 4 heteroatoms. The van der Waals surface area contributed by atoms with Crippen molar-refractivity contribution in [2.75, 3.05) is 5.32 Å². The molecule has 1 unspecified atom stereocenters. The highest BCUT2D eigenvalue weighted by atomic mass is 16.1. The summed E-state index contributed by atoms with van der Waals surface area (Å²) < 4.78 is 0. The number of aromatic nitrogens is 2. The van der Waals surface area contributed by atoms with E-state index in [4.69, 9.17) is 0 Å². The molecule has 1 atom stereocenters. The van der Waals surface area contributed by atoms with E-state index in [1.54, 1.807) is 6.33 Å². The second-order valence-electron chi connectivity index (χ2n) is 10.8. The molecule has 1 heterocycles. The van der Waals surface area contributed by atoms with Gasteiger partial charge in [-0.25, -0.2) is 4.98 Å². The van der Waals surface area contributed by atoms with Gasteiger partial charge in [-0.2, -0.15) is 0 Å². The lowest BCUT2D eigenvalue weighted by atomic mass is 9.51. The molecule has 0 spiro atoms. The third-order valence-corrected chi connectivity index (χ3v) is 8.80. The van der Waals surface area contributed by atoms with Crippen LogP contribution in [-0.2, 0) is 4.79 Å². The molecule has 2 aromatic carbocycles. The fourth-order valence-corrected chi connectivity index (χ4v) is 7.41. The monoisotopic (exact) mass is 439 g/mol. The van der Waals surface area contributed by atoms with E-state index in [1.807, 2.05) is 12.3 Å². The minimum absolute atomic E-state index is 0.0467. The lowest BCUT2D eigenvalue weighted by molar-refractivity contribution is -0.132. The molecule has 4 fully saturated rings. The number of H-pyrrole nitrogens is 1. The second kappa shape index (κ2) is 8.16. The normalized spacial score (nSPS) is 28.6. The molecule has 1 amide bonds. The summed E-state index contributed by atoms with van der Waals surface area (Å²) in [5.41, 5.74) is 6.97. The van der Waals surface area contributed by atoms with E-state index in [-0.39, 0.29) is 17.7 Å². The molecule has 0 aliphatic heterocycles. The van der Waals surface area contributed by atoms with E-state index in [9.17, 15) is 4.79 Å². The molecule has 4 saturated carbocycles. The van der Waals surface area contributed by atoms with Crippen molar-refractivity contribution in [3.8, 4) is 0 Å². The van der Waals surface area contributed by atoms with Crippen molar-refractivity contribution in [2.24, 2.45) is 29.6 Å². The Labute approximate surface area is 196 Å². The number of nitrogens with one attached hydrogen (secondary N) is 2. The summed E-state index contributed by atoms with van der Waals surface area (Å²) in [4.78, 5) is 21.1. The van der Waals surface area contributed by atoms with Crippen LogP contribution in [0.4, 0.5) is 5.69 Å². The number of anilines is 1. The highest BCUT2D eigenvalue weighted by molar-refractivity contribution is 5.93. The zero-order valence-electron chi connectivity index (χ0n) is 19.6. The Hall–Kier alpha value is -2.88. The Balaban J connectivity index is 1.29. The van der Waals surface area contributed by atoms with Crippen molar-refractivity contribution < 1.29 is 4.79 Å². The number of carbonyl (C=O) groups is 1. The number of rotatable bonds is 5. The summed E-state index contributed by atoms with van der Waals surface area (Å²) in [6, 6.07) is 14.9. The zero-order chi connectivity index (χ0) is 22.5. The molecule has 1 aromatic heterocycles. The topological polar surface area (TPSA) is 57.8 Å². The van der Waals surface area contributed by atoms with Crippen molar-refractivity contribution in [3.05, 3.63) is 82.9 Å². The summed E-state index contributed by atoms with van der Waals surface area (Å²) >= 11 is 0. The maximum absolute atomic E-state index is 13.5. The lowest BCUT2D eigenvalue weighted by Gasteiger charge is -2.53. The molecule has 3 aromatic rings. The van der Waals surface area contributed by atoms with Crippen LogP contribution in [0.25, 0.3) is 0 Å². The summed E-state index contributed by atoms with van der Waals surface area (Å²) in [5, 5.41) is 3.32. The van der Waals surface area contributed by atoms with Gasteiger partial charge in [0.1, 0.15) is 0 Å². The molecule has 7 rings (SSSR count). The molecule has 2 N–H and O–H groups in total. The van der Waals surface area contributed by atoms with Crippen molar-refractivity contribution in [3.63, 3.8) is 0 Å². The molecule has 4 bridgehead atoms. The van der Waals surface area contributed by atoms with Crippen LogP contribution in [0, 0.1) is 43.4 Å². The third-order valence-electron chi connectivity index (χ3n) is 8.80. The predicted octanol–water partition coefficient (Wildman–Crippen LogP) is 6.22. The number of aromatic amines is 1. The van der Waals surface area contributed by atoms with E-state index in [2.05, 4.69) is 65.5 Å². The largest absolute Gasteiger partial charge is 0.348 e. The summed E-state index contributed by atoms with van der Waals surface area (Å²) in [6.45, 7) is 4.34. The Morgan fingerprint density at radius 2 is 1.73 bits per heavy atom. The molecule has 170 valence electrons. The number of amides is 1. The highest BCUT2D eigenvalue weighted by Gasteiger charge is 2.50. The maximum atomic E-state index is 13.5. The number of benzene rings is 2. The predicted molar refractivity (Wildman–Crippen MR) is 131 cm³/mol. The number of nitrogens with zero attached hydrogens (tertiary/aromatic N) is 1. The number of aryl methyl sites for hydroxylation is 1. The van der Waals surface area contributed by atoms with Gasteiger partial charge in [-0.15, -0.1) is 0 Å². The molecule has 33 heavy (non-hydrogen) atoms. The fourth-order valence-electron chi connectivity index (χ4n) is 7.41. The molecule has 4 aliphatic carbocycles. The molecule has 0 radical (unpaired) electrons. The SMILES string of the molecule is Cc1cccc(C(c2cccc(NC(=O)C3C4CC5CC(C4)CC3C5)c2)c2cnc[nH]2)c1C. The van der Waals surface area contributed by atoms with Crippen LogP contribution in [0.1, 0.15) is 66.0 Å². The van der Waals surface area contributed by atoms with Gasteiger partial charge in [0, 0.05) is 23.5 Å². The van der Waals surface area contributed by atoms with Crippen molar-refractivity contribution in [1.82, 2.24) is 9.97 Å². The average molecular weight is 440 g/mol. The van der Waals surface area contributed by atoms with Gasteiger partial charge in [0.25, 0.3) is 0 Å². The van der Waals surface area contributed by atoms with Crippen molar-refractivity contribution >= 4 is 11.6 Å². The van der Waals surface area contributed by atoms with Gasteiger partial charge in [0.2, 0.25) is 5.91 Å². The van der Waals surface area contributed by atoms with Gasteiger partial charge in [-0.3, -0.25) is 4.79 Å². The number of hydrogen-bond donors (Lipinski definition) is 2. The van der Waals surface area contributed by atoms with Crippen LogP contribution < -0.4 is 5.32 Å². The Bertz CT molecular complexity index is 1140. The summed E-state index contributed by atoms with van der Waals surface area (Å²) in [7, 11) is 0. The molecular formula is C29H33N3O. The van der Waals surface area contributed by atoms with Crippen molar-refractivity contribution in [2.45, 2.75) is 51.9 Å². The lowest BCUT2D eigenvalue weighted by Crippen LogP contribution is -2.49.